The molecule has 0 saturated heterocycles. The SMILES string of the molecule is O=S(O)NC(O)c1cccnc1. The van der Waals surface area contributed by atoms with Gasteiger partial charge in [-0.2, -0.15) is 4.72 Å². The van der Waals surface area contributed by atoms with Crippen LogP contribution in [0.15, 0.2) is 24.5 Å². The summed E-state index contributed by atoms with van der Waals surface area (Å²) < 4.78 is 20.6. The molecular formula is C6H8N2O3S. The molecule has 0 spiro atoms. The van der Waals surface area contributed by atoms with Crippen LogP contribution in [0.1, 0.15) is 11.8 Å². The van der Waals surface area contributed by atoms with Gasteiger partial charge in [-0.05, 0) is 6.07 Å². The summed E-state index contributed by atoms with van der Waals surface area (Å²) in [5, 5.41) is 9.19. The third-order valence-corrected chi connectivity index (χ3v) is 1.64. The Morgan fingerprint density at radius 2 is 2.42 bits per heavy atom. The van der Waals surface area contributed by atoms with E-state index in [-0.39, 0.29) is 0 Å². The number of nitrogens with zero attached hydrogens (tertiary/aromatic N) is 1. The average Bonchev–Trinajstić information content (AvgIpc) is 2.05. The van der Waals surface area contributed by atoms with Gasteiger partial charge in [0.2, 0.25) is 11.3 Å². The Balaban J connectivity index is 2.65. The lowest BCUT2D eigenvalue weighted by Gasteiger charge is -2.08. The van der Waals surface area contributed by atoms with Crippen LogP contribution < -0.4 is 4.72 Å². The molecule has 0 aliphatic carbocycles. The minimum atomic E-state index is -2.22. The molecule has 1 rings (SSSR count). The number of pyridine rings is 1. The van der Waals surface area contributed by atoms with E-state index in [1.165, 1.54) is 6.20 Å². The lowest BCUT2D eigenvalue weighted by Crippen LogP contribution is -2.22. The highest BCUT2D eigenvalue weighted by molar-refractivity contribution is 7.77. The number of aromatic nitrogens is 1. The van der Waals surface area contributed by atoms with Crippen LogP contribution in [0.2, 0.25) is 0 Å². The van der Waals surface area contributed by atoms with Crippen LogP contribution in [0, 0.1) is 0 Å². The number of nitrogens with one attached hydrogen (secondary N) is 1. The average molecular weight is 188 g/mol. The first-order valence-corrected chi connectivity index (χ1v) is 4.26. The molecule has 0 aliphatic heterocycles. The summed E-state index contributed by atoms with van der Waals surface area (Å²) in [6, 6.07) is 3.22. The molecule has 3 N–H and O–H groups in total. The largest absolute Gasteiger partial charge is 0.373 e. The Morgan fingerprint density at radius 1 is 1.67 bits per heavy atom. The normalized spacial score (nSPS) is 15.5. The van der Waals surface area contributed by atoms with Gasteiger partial charge < -0.3 is 5.11 Å². The van der Waals surface area contributed by atoms with Crippen molar-refractivity contribution in [2.45, 2.75) is 6.23 Å². The Labute approximate surface area is 71.9 Å². The first kappa shape index (κ1) is 9.27. The number of rotatable bonds is 3. The van der Waals surface area contributed by atoms with Crippen LogP contribution in [-0.4, -0.2) is 18.9 Å². The third kappa shape index (κ3) is 2.67. The summed E-state index contributed by atoms with van der Waals surface area (Å²) in [6.07, 6.45) is 1.79. The van der Waals surface area contributed by atoms with E-state index < -0.39 is 17.5 Å². The van der Waals surface area contributed by atoms with Gasteiger partial charge in [0, 0.05) is 18.0 Å². The molecule has 66 valence electrons. The first-order chi connectivity index (χ1) is 5.70. The van der Waals surface area contributed by atoms with Crippen molar-refractivity contribution in [2.24, 2.45) is 0 Å². The molecule has 0 amide bonds. The van der Waals surface area contributed by atoms with Crippen LogP contribution in [0.25, 0.3) is 0 Å². The van der Waals surface area contributed by atoms with Gasteiger partial charge in [-0.15, -0.1) is 0 Å². The molecule has 0 aromatic carbocycles. The van der Waals surface area contributed by atoms with E-state index in [1.54, 1.807) is 18.3 Å². The van der Waals surface area contributed by atoms with Gasteiger partial charge in [0.1, 0.15) is 6.23 Å². The van der Waals surface area contributed by atoms with Crippen molar-refractivity contribution in [3.8, 4) is 0 Å². The van der Waals surface area contributed by atoms with E-state index >= 15 is 0 Å². The molecule has 6 heteroatoms. The molecule has 0 aliphatic rings. The van der Waals surface area contributed by atoms with Crippen molar-refractivity contribution >= 4 is 11.3 Å². The predicted octanol–water partition coefficient (Wildman–Crippen LogP) is -0.201. The van der Waals surface area contributed by atoms with Gasteiger partial charge in [0.05, 0.1) is 0 Å². The van der Waals surface area contributed by atoms with Crippen LogP contribution in [0.5, 0.6) is 0 Å². The zero-order valence-electron chi connectivity index (χ0n) is 6.04. The zero-order valence-corrected chi connectivity index (χ0v) is 6.86. The predicted molar refractivity (Wildman–Crippen MR) is 43.1 cm³/mol. The molecule has 0 bridgehead atoms. The maximum atomic E-state index is 10.2. The maximum absolute atomic E-state index is 10.2. The van der Waals surface area contributed by atoms with Crippen molar-refractivity contribution in [2.75, 3.05) is 0 Å². The zero-order chi connectivity index (χ0) is 8.97. The van der Waals surface area contributed by atoms with E-state index in [0.717, 1.165) is 0 Å². The van der Waals surface area contributed by atoms with Gasteiger partial charge in [-0.25, -0.2) is 4.21 Å². The Hall–Kier alpha value is -0.820. The number of aliphatic hydroxyl groups excluding tert-OH is 1. The molecule has 2 unspecified atom stereocenters. The van der Waals surface area contributed by atoms with E-state index in [1.807, 2.05) is 4.72 Å². The van der Waals surface area contributed by atoms with Crippen molar-refractivity contribution in [3.63, 3.8) is 0 Å². The molecule has 0 saturated carbocycles. The minimum absolute atomic E-state index is 0.444. The van der Waals surface area contributed by atoms with Crippen molar-refractivity contribution in [1.29, 1.82) is 0 Å². The number of hydrogen-bond acceptors (Lipinski definition) is 3. The Bertz CT molecular complexity index is 267. The highest BCUT2D eigenvalue weighted by Crippen LogP contribution is 2.06. The van der Waals surface area contributed by atoms with Crippen molar-refractivity contribution in [1.82, 2.24) is 9.71 Å². The summed E-state index contributed by atoms with van der Waals surface area (Å²) in [7, 11) is 0. The van der Waals surface area contributed by atoms with Crippen molar-refractivity contribution < 1.29 is 13.9 Å². The smallest absolute Gasteiger partial charge is 0.234 e. The lowest BCUT2D eigenvalue weighted by atomic mass is 10.3. The summed E-state index contributed by atoms with van der Waals surface area (Å²) in [6.45, 7) is 0. The first-order valence-electron chi connectivity index (χ1n) is 3.15. The van der Waals surface area contributed by atoms with Crippen LogP contribution in [-0.2, 0) is 11.3 Å². The van der Waals surface area contributed by atoms with E-state index in [2.05, 4.69) is 4.98 Å². The quantitative estimate of drug-likeness (QED) is 0.453. The van der Waals surface area contributed by atoms with Gasteiger partial charge >= 0.3 is 0 Å². The molecule has 12 heavy (non-hydrogen) atoms. The molecule has 1 aromatic rings. The highest BCUT2D eigenvalue weighted by Gasteiger charge is 2.07. The fraction of sp³-hybridized carbons (Fsp3) is 0.167. The van der Waals surface area contributed by atoms with Crippen LogP contribution in [0.3, 0.4) is 0 Å². The lowest BCUT2D eigenvalue weighted by molar-refractivity contribution is 0.165. The minimum Gasteiger partial charge on any atom is -0.373 e. The molecule has 5 nitrogen and oxygen atoms in total. The van der Waals surface area contributed by atoms with E-state index in [9.17, 15) is 9.32 Å². The van der Waals surface area contributed by atoms with Crippen LogP contribution in [0.4, 0.5) is 0 Å². The fourth-order valence-corrected chi connectivity index (χ4v) is 1.03. The van der Waals surface area contributed by atoms with E-state index in [4.69, 9.17) is 4.55 Å². The molecular weight excluding hydrogens is 180 g/mol. The highest BCUT2D eigenvalue weighted by atomic mass is 32.2. The second kappa shape index (κ2) is 4.27. The molecule has 2 atom stereocenters. The monoisotopic (exact) mass is 188 g/mol. The Kier molecular flexibility index (Phi) is 3.30. The molecule has 1 heterocycles. The molecule has 0 fully saturated rings. The summed E-state index contributed by atoms with van der Waals surface area (Å²) in [4.78, 5) is 3.73. The van der Waals surface area contributed by atoms with Gasteiger partial charge in [-0.1, -0.05) is 6.07 Å². The van der Waals surface area contributed by atoms with Crippen LogP contribution >= 0.6 is 0 Å². The van der Waals surface area contributed by atoms with Crippen molar-refractivity contribution in [3.05, 3.63) is 30.1 Å². The summed E-state index contributed by atoms with van der Waals surface area (Å²) >= 11 is -2.22. The van der Waals surface area contributed by atoms with E-state index in [0.29, 0.717) is 5.56 Å². The van der Waals surface area contributed by atoms with Gasteiger partial charge in [0.25, 0.3) is 0 Å². The maximum Gasteiger partial charge on any atom is 0.234 e. The molecule has 0 radical (unpaired) electrons. The van der Waals surface area contributed by atoms with Gasteiger partial charge in [-0.3, -0.25) is 9.54 Å². The van der Waals surface area contributed by atoms with Gasteiger partial charge in [0.15, 0.2) is 0 Å². The second-order valence-electron chi connectivity index (χ2n) is 2.06. The Morgan fingerprint density at radius 3 is 2.92 bits per heavy atom. The second-order valence-corrected chi connectivity index (χ2v) is 2.79. The standard InChI is InChI=1S/C6H8N2O3S/c9-6(8-12(10)11)5-2-1-3-7-4-5/h1-4,6,8-9H,(H,10,11). The molecule has 1 aromatic heterocycles. The number of aliphatic hydroxyl groups is 1. The summed E-state index contributed by atoms with van der Waals surface area (Å²) in [5.74, 6) is 0. The number of hydrogen-bond donors (Lipinski definition) is 3. The fourth-order valence-electron chi connectivity index (χ4n) is 0.701. The third-order valence-electron chi connectivity index (χ3n) is 1.21. The summed E-state index contributed by atoms with van der Waals surface area (Å²) in [5.41, 5.74) is 0.444. The topological polar surface area (TPSA) is 82.5 Å².